The summed E-state index contributed by atoms with van der Waals surface area (Å²) in [5.41, 5.74) is 2.00. The van der Waals surface area contributed by atoms with Gasteiger partial charge in [-0.1, -0.05) is 60.3 Å². The van der Waals surface area contributed by atoms with Crippen molar-refractivity contribution in [2.75, 3.05) is 26.3 Å². The third kappa shape index (κ3) is 4.38. The Kier molecular flexibility index (Phi) is 5.74. The minimum Gasteiger partial charge on any atom is -0.440 e. The van der Waals surface area contributed by atoms with E-state index in [2.05, 4.69) is 16.0 Å². The summed E-state index contributed by atoms with van der Waals surface area (Å²) in [5.74, 6) is 2.93. The topological polar surface area (TPSA) is 64.3 Å². The minimum absolute atomic E-state index is 0.616. The lowest BCUT2D eigenvalue weighted by atomic mass is 10.2. The first kappa shape index (κ1) is 19.2. The van der Waals surface area contributed by atoms with E-state index in [4.69, 9.17) is 19.1 Å². The molecule has 1 fully saturated rings. The molecule has 4 aromatic rings. The van der Waals surface area contributed by atoms with Crippen LogP contribution >= 0.6 is 11.8 Å². The van der Waals surface area contributed by atoms with E-state index in [1.807, 2.05) is 48.5 Å². The van der Waals surface area contributed by atoms with Crippen LogP contribution in [0.15, 0.2) is 70.2 Å². The molecule has 1 aliphatic heterocycles. The van der Waals surface area contributed by atoms with Gasteiger partial charge in [-0.05, 0) is 6.07 Å². The first-order chi connectivity index (χ1) is 14.8. The predicted molar refractivity (Wildman–Crippen MR) is 117 cm³/mol. The van der Waals surface area contributed by atoms with Gasteiger partial charge in [-0.2, -0.15) is 0 Å². The van der Waals surface area contributed by atoms with Crippen LogP contribution in [0.25, 0.3) is 22.2 Å². The standard InChI is InChI=1S/C23H22N4O2S/c1-2-6-17(7-3-1)20-14-24-22(29-20)16-30-23-18-8-4-5-9-19(18)25-21(26-23)15-27-10-12-28-13-11-27/h1-9,14H,10-13,15-16H2. The molecule has 0 bridgehead atoms. The number of morpholine rings is 1. The number of benzene rings is 2. The maximum Gasteiger partial charge on any atom is 0.205 e. The van der Waals surface area contributed by atoms with Gasteiger partial charge in [-0.25, -0.2) is 15.0 Å². The summed E-state index contributed by atoms with van der Waals surface area (Å²) < 4.78 is 11.4. The summed E-state index contributed by atoms with van der Waals surface area (Å²) in [6.45, 7) is 4.10. The second-order valence-electron chi connectivity index (χ2n) is 7.12. The monoisotopic (exact) mass is 418 g/mol. The predicted octanol–water partition coefficient (Wildman–Crippen LogP) is 4.41. The van der Waals surface area contributed by atoms with Gasteiger partial charge in [0.05, 0.1) is 37.2 Å². The van der Waals surface area contributed by atoms with Crippen LogP contribution in [-0.4, -0.2) is 46.2 Å². The molecule has 0 spiro atoms. The zero-order valence-electron chi connectivity index (χ0n) is 16.5. The van der Waals surface area contributed by atoms with Crippen molar-refractivity contribution in [2.24, 2.45) is 0 Å². The van der Waals surface area contributed by atoms with Gasteiger partial charge in [0.1, 0.15) is 10.9 Å². The first-order valence-corrected chi connectivity index (χ1v) is 11.0. The Balaban J connectivity index is 1.36. The third-order valence-electron chi connectivity index (χ3n) is 5.03. The lowest BCUT2D eigenvalue weighted by molar-refractivity contribution is 0.0330. The number of rotatable bonds is 6. The molecule has 3 heterocycles. The number of ether oxygens (including phenoxy) is 1. The van der Waals surface area contributed by atoms with Crippen LogP contribution in [0.3, 0.4) is 0 Å². The number of hydrogen-bond donors (Lipinski definition) is 0. The van der Waals surface area contributed by atoms with Gasteiger partial charge >= 0.3 is 0 Å². The number of thioether (sulfide) groups is 1. The molecule has 0 saturated carbocycles. The lowest BCUT2D eigenvalue weighted by Crippen LogP contribution is -2.36. The molecule has 0 amide bonds. The molecule has 2 aromatic carbocycles. The van der Waals surface area contributed by atoms with E-state index in [9.17, 15) is 0 Å². The fourth-order valence-electron chi connectivity index (χ4n) is 3.48. The van der Waals surface area contributed by atoms with E-state index >= 15 is 0 Å². The Morgan fingerprint density at radius 2 is 1.73 bits per heavy atom. The smallest absolute Gasteiger partial charge is 0.205 e. The van der Waals surface area contributed by atoms with Crippen molar-refractivity contribution in [3.8, 4) is 11.3 Å². The van der Waals surface area contributed by atoms with Gasteiger partial charge in [0, 0.05) is 24.0 Å². The Hall–Kier alpha value is -2.74. The van der Waals surface area contributed by atoms with Crippen LogP contribution in [0.4, 0.5) is 0 Å². The van der Waals surface area contributed by atoms with Crippen molar-refractivity contribution in [1.29, 1.82) is 0 Å². The van der Waals surface area contributed by atoms with Gasteiger partial charge in [-0.3, -0.25) is 4.90 Å². The largest absolute Gasteiger partial charge is 0.440 e. The maximum absolute atomic E-state index is 5.96. The van der Waals surface area contributed by atoms with Crippen molar-refractivity contribution in [3.05, 3.63) is 72.5 Å². The van der Waals surface area contributed by atoms with E-state index in [0.29, 0.717) is 11.6 Å². The highest BCUT2D eigenvalue weighted by atomic mass is 32.2. The highest BCUT2D eigenvalue weighted by molar-refractivity contribution is 7.98. The molecule has 0 unspecified atom stereocenters. The molecule has 1 saturated heterocycles. The molecule has 6 nitrogen and oxygen atoms in total. The van der Waals surface area contributed by atoms with Crippen LogP contribution in [0, 0.1) is 0 Å². The van der Waals surface area contributed by atoms with Gasteiger partial charge in [0.15, 0.2) is 5.76 Å². The zero-order valence-corrected chi connectivity index (χ0v) is 17.3. The normalized spacial score (nSPS) is 14.9. The molecule has 0 atom stereocenters. The van der Waals surface area contributed by atoms with E-state index in [0.717, 1.165) is 65.9 Å². The zero-order chi connectivity index (χ0) is 20.2. The third-order valence-corrected chi connectivity index (χ3v) is 6.00. The summed E-state index contributed by atoms with van der Waals surface area (Å²) >= 11 is 1.64. The molecule has 2 aromatic heterocycles. The quantitative estimate of drug-likeness (QED) is 0.339. The van der Waals surface area contributed by atoms with Gasteiger partial charge in [0.25, 0.3) is 0 Å². The van der Waals surface area contributed by atoms with Crippen molar-refractivity contribution < 1.29 is 9.15 Å². The molecule has 30 heavy (non-hydrogen) atoms. The highest BCUT2D eigenvalue weighted by Gasteiger charge is 2.15. The number of aromatic nitrogens is 3. The Labute approximate surface area is 179 Å². The van der Waals surface area contributed by atoms with E-state index in [1.165, 1.54) is 0 Å². The SMILES string of the molecule is c1ccc(-c2cnc(CSc3nc(CN4CCOCC4)nc4ccccc34)o2)cc1. The number of oxazole rings is 1. The summed E-state index contributed by atoms with van der Waals surface area (Å²) in [4.78, 5) is 16.4. The fraction of sp³-hybridized carbons (Fsp3) is 0.261. The van der Waals surface area contributed by atoms with Crippen LogP contribution in [0.2, 0.25) is 0 Å². The molecule has 0 radical (unpaired) electrons. The Morgan fingerprint density at radius 3 is 2.60 bits per heavy atom. The Bertz CT molecular complexity index is 1130. The molecule has 1 aliphatic rings. The molecule has 0 N–H and O–H groups in total. The van der Waals surface area contributed by atoms with Crippen LogP contribution in [0.1, 0.15) is 11.7 Å². The molecular weight excluding hydrogens is 396 g/mol. The molecule has 7 heteroatoms. The van der Waals surface area contributed by atoms with Crippen LogP contribution in [-0.2, 0) is 17.0 Å². The highest BCUT2D eigenvalue weighted by Crippen LogP contribution is 2.29. The number of hydrogen-bond acceptors (Lipinski definition) is 7. The lowest BCUT2D eigenvalue weighted by Gasteiger charge is -2.25. The van der Waals surface area contributed by atoms with Crippen molar-refractivity contribution >= 4 is 22.7 Å². The number of para-hydroxylation sites is 1. The molecular formula is C23H22N4O2S. The van der Waals surface area contributed by atoms with Crippen molar-refractivity contribution in [3.63, 3.8) is 0 Å². The summed E-state index contributed by atoms with van der Waals surface area (Å²) in [6, 6.07) is 18.2. The second kappa shape index (κ2) is 8.95. The Morgan fingerprint density at radius 1 is 0.933 bits per heavy atom. The molecule has 5 rings (SSSR count). The second-order valence-corrected chi connectivity index (χ2v) is 8.09. The number of fused-ring (bicyclic) bond motifs is 1. The van der Waals surface area contributed by atoms with E-state index in [1.54, 1.807) is 18.0 Å². The van der Waals surface area contributed by atoms with Crippen LogP contribution in [0.5, 0.6) is 0 Å². The average Bonchev–Trinajstić information content (AvgIpc) is 3.28. The maximum atomic E-state index is 5.96. The molecule has 152 valence electrons. The van der Waals surface area contributed by atoms with E-state index < -0.39 is 0 Å². The van der Waals surface area contributed by atoms with Gasteiger partial charge in [-0.15, -0.1) is 0 Å². The van der Waals surface area contributed by atoms with Gasteiger partial charge in [0.2, 0.25) is 5.89 Å². The minimum atomic E-state index is 0.616. The van der Waals surface area contributed by atoms with Crippen molar-refractivity contribution in [1.82, 2.24) is 19.9 Å². The summed E-state index contributed by atoms with van der Waals surface area (Å²) in [6.07, 6.45) is 1.78. The first-order valence-electron chi connectivity index (χ1n) is 10.0. The van der Waals surface area contributed by atoms with E-state index in [-0.39, 0.29) is 0 Å². The summed E-state index contributed by atoms with van der Waals surface area (Å²) in [7, 11) is 0. The number of nitrogens with zero attached hydrogens (tertiary/aromatic N) is 4. The molecule has 0 aliphatic carbocycles. The summed E-state index contributed by atoms with van der Waals surface area (Å²) in [5, 5.41) is 2.02. The van der Waals surface area contributed by atoms with Crippen LogP contribution < -0.4 is 0 Å². The average molecular weight is 419 g/mol. The fourth-order valence-corrected chi connectivity index (χ4v) is 4.37. The van der Waals surface area contributed by atoms with Crippen molar-refractivity contribution in [2.45, 2.75) is 17.3 Å². The van der Waals surface area contributed by atoms with Gasteiger partial charge < -0.3 is 9.15 Å².